The topological polar surface area (TPSA) is 52.3 Å². The molecule has 0 heterocycles. The van der Waals surface area contributed by atoms with E-state index >= 15 is 0 Å². The lowest BCUT2D eigenvalue weighted by Gasteiger charge is -2.06. The first-order chi connectivity index (χ1) is 4.16. The Kier molecular flexibility index (Phi) is 4.05. The molecule has 54 valence electrons. The molecule has 0 aromatic heterocycles. The fraction of sp³-hybridized carbons (Fsp3) is 0.833. The van der Waals surface area contributed by atoms with E-state index < -0.39 is 0 Å². The summed E-state index contributed by atoms with van der Waals surface area (Å²) in [5.74, 6) is -0.265. The Hall–Kier alpha value is -0.570. The standard InChI is InChI=1S/C6H13NO2/c1-3-6(7)4-9-5(2)8/h6H,3-4,7H2,1-2H3. The van der Waals surface area contributed by atoms with Gasteiger partial charge in [0.2, 0.25) is 0 Å². The van der Waals surface area contributed by atoms with Crippen molar-refractivity contribution >= 4 is 5.97 Å². The highest BCUT2D eigenvalue weighted by atomic mass is 16.5. The van der Waals surface area contributed by atoms with Crippen LogP contribution in [0.1, 0.15) is 20.3 Å². The number of rotatable bonds is 3. The number of ether oxygens (including phenoxy) is 1. The first-order valence-electron chi connectivity index (χ1n) is 3.05. The molecule has 0 saturated heterocycles. The zero-order chi connectivity index (χ0) is 7.28. The monoisotopic (exact) mass is 131 g/mol. The van der Waals surface area contributed by atoms with Crippen molar-refractivity contribution < 1.29 is 9.53 Å². The quantitative estimate of drug-likeness (QED) is 0.560. The highest BCUT2D eigenvalue weighted by Crippen LogP contribution is 1.86. The summed E-state index contributed by atoms with van der Waals surface area (Å²) < 4.78 is 4.63. The van der Waals surface area contributed by atoms with Gasteiger partial charge in [0.25, 0.3) is 0 Å². The Morgan fingerprint density at radius 3 is 2.67 bits per heavy atom. The van der Waals surface area contributed by atoms with Crippen molar-refractivity contribution in [2.45, 2.75) is 26.3 Å². The predicted molar refractivity (Wildman–Crippen MR) is 34.9 cm³/mol. The number of esters is 1. The Morgan fingerprint density at radius 1 is 1.78 bits per heavy atom. The molecule has 9 heavy (non-hydrogen) atoms. The van der Waals surface area contributed by atoms with Gasteiger partial charge in [0, 0.05) is 13.0 Å². The Labute approximate surface area is 55.2 Å². The van der Waals surface area contributed by atoms with Crippen LogP contribution in [0.15, 0.2) is 0 Å². The first-order valence-corrected chi connectivity index (χ1v) is 3.05. The maximum atomic E-state index is 10.2. The molecule has 0 aliphatic heterocycles. The van der Waals surface area contributed by atoms with Crippen LogP contribution >= 0.6 is 0 Å². The molecule has 1 unspecified atom stereocenters. The third kappa shape index (κ3) is 5.30. The summed E-state index contributed by atoms with van der Waals surface area (Å²) in [6, 6.07) is -0.00565. The molecule has 0 aliphatic carbocycles. The lowest BCUT2D eigenvalue weighted by Crippen LogP contribution is -2.26. The van der Waals surface area contributed by atoms with Crippen LogP contribution in [0.25, 0.3) is 0 Å². The van der Waals surface area contributed by atoms with Gasteiger partial charge in [-0.2, -0.15) is 0 Å². The minimum absolute atomic E-state index is 0.00565. The van der Waals surface area contributed by atoms with Crippen molar-refractivity contribution in [2.24, 2.45) is 5.73 Å². The lowest BCUT2D eigenvalue weighted by atomic mass is 10.3. The van der Waals surface area contributed by atoms with E-state index in [-0.39, 0.29) is 12.0 Å². The molecule has 0 bridgehead atoms. The molecule has 1 atom stereocenters. The Bertz CT molecular complexity index is 93.1. The fourth-order valence-electron chi connectivity index (χ4n) is 0.342. The third-order valence-electron chi connectivity index (χ3n) is 1.03. The predicted octanol–water partition coefficient (Wildman–Crippen LogP) is 0.287. The van der Waals surface area contributed by atoms with Crippen molar-refractivity contribution in [3.8, 4) is 0 Å². The molecule has 0 amide bonds. The second-order valence-corrected chi connectivity index (χ2v) is 1.97. The lowest BCUT2D eigenvalue weighted by molar-refractivity contribution is -0.141. The number of carbonyl (C=O) groups excluding carboxylic acids is 1. The van der Waals surface area contributed by atoms with Gasteiger partial charge in [0.05, 0.1) is 0 Å². The van der Waals surface area contributed by atoms with Gasteiger partial charge in [-0.15, -0.1) is 0 Å². The minimum atomic E-state index is -0.265. The molecule has 0 radical (unpaired) electrons. The van der Waals surface area contributed by atoms with Crippen LogP contribution in [0.5, 0.6) is 0 Å². The number of carbonyl (C=O) groups is 1. The molecule has 3 nitrogen and oxygen atoms in total. The second kappa shape index (κ2) is 4.32. The van der Waals surface area contributed by atoms with Gasteiger partial charge in [0.15, 0.2) is 0 Å². The van der Waals surface area contributed by atoms with Gasteiger partial charge in [0.1, 0.15) is 6.61 Å². The zero-order valence-corrected chi connectivity index (χ0v) is 5.89. The van der Waals surface area contributed by atoms with Crippen molar-refractivity contribution in [3.63, 3.8) is 0 Å². The summed E-state index contributed by atoms with van der Waals surface area (Å²) in [6.45, 7) is 3.67. The van der Waals surface area contributed by atoms with Crippen molar-refractivity contribution in [2.75, 3.05) is 6.61 Å². The van der Waals surface area contributed by atoms with Crippen LogP contribution in [-0.4, -0.2) is 18.6 Å². The summed E-state index contributed by atoms with van der Waals surface area (Å²) in [7, 11) is 0. The normalized spacial score (nSPS) is 12.8. The molecule has 2 N–H and O–H groups in total. The van der Waals surface area contributed by atoms with E-state index in [1.54, 1.807) is 0 Å². The van der Waals surface area contributed by atoms with E-state index in [0.717, 1.165) is 6.42 Å². The van der Waals surface area contributed by atoms with E-state index in [0.29, 0.717) is 6.61 Å². The maximum absolute atomic E-state index is 10.2. The van der Waals surface area contributed by atoms with Gasteiger partial charge >= 0.3 is 5.97 Å². The smallest absolute Gasteiger partial charge is 0.302 e. The maximum Gasteiger partial charge on any atom is 0.302 e. The Morgan fingerprint density at radius 2 is 2.33 bits per heavy atom. The fourth-order valence-corrected chi connectivity index (χ4v) is 0.342. The van der Waals surface area contributed by atoms with E-state index in [9.17, 15) is 4.79 Å². The van der Waals surface area contributed by atoms with Crippen LogP contribution in [0.2, 0.25) is 0 Å². The van der Waals surface area contributed by atoms with Gasteiger partial charge in [-0.25, -0.2) is 0 Å². The van der Waals surface area contributed by atoms with Gasteiger partial charge in [-0.05, 0) is 6.42 Å². The minimum Gasteiger partial charge on any atom is -0.464 e. The number of nitrogens with two attached hydrogens (primary N) is 1. The van der Waals surface area contributed by atoms with Crippen LogP contribution < -0.4 is 5.73 Å². The van der Waals surface area contributed by atoms with E-state index in [1.807, 2.05) is 6.92 Å². The first kappa shape index (κ1) is 8.43. The molecule has 0 aliphatic rings. The number of hydrogen-bond acceptors (Lipinski definition) is 3. The molecule has 0 spiro atoms. The Balaban J connectivity index is 3.16. The molecular weight excluding hydrogens is 118 g/mol. The third-order valence-corrected chi connectivity index (χ3v) is 1.03. The largest absolute Gasteiger partial charge is 0.464 e. The summed E-state index contributed by atoms with van der Waals surface area (Å²) in [5.41, 5.74) is 5.44. The number of hydrogen-bond donors (Lipinski definition) is 1. The summed E-state index contributed by atoms with van der Waals surface area (Å²) in [5, 5.41) is 0. The molecule has 0 aromatic carbocycles. The summed E-state index contributed by atoms with van der Waals surface area (Å²) >= 11 is 0. The summed E-state index contributed by atoms with van der Waals surface area (Å²) in [6.07, 6.45) is 0.841. The van der Waals surface area contributed by atoms with Crippen LogP contribution in [-0.2, 0) is 9.53 Å². The van der Waals surface area contributed by atoms with Crippen molar-refractivity contribution in [1.29, 1.82) is 0 Å². The highest BCUT2D eigenvalue weighted by Gasteiger charge is 1.99. The zero-order valence-electron chi connectivity index (χ0n) is 5.89. The average Bonchev–Trinajstić information content (AvgIpc) is 1.83. The molecular formula is C6H13NO2. The summed E-state index contributed by atoms with van der Waals surface area (Å²) in [4.78, 5) is 10.2. The molecule has 0 rings (SSSR count). The van der Waals surface area contributed by atoms with Crippen LogP contribution in [0.3, 0.4) is 0 Å². The van der Waals surface area contributed by atoms with Crippen molar-refractivity contribution in [1.82, 2.24) is 0 Å². The van der Waals surface area contributed by atoms with Crippen LogP contribution in [0, 0.1) is 0 Å². The SMILES string of the molecule is CCC(N)COC(C)=O. The van der Waals surface area contributed by atoms with Gasteiger partial charge < -0.3 is 10.5 Å². The van der Waals surface area contributed by atoms with E-state index in [4.69, 9.17) is 5.73 Å². The molecule has 0 saturated carbocycles. The second-order valence-electron chi connectivity index (χ2n) is 1.97. The molecule has 3 heteroatoms. The van der Waals surface area contributed by atoms with Crippen molar-refractivity contribution in [3.05, 3.63) is 0 Å². The van der Waals surface area contributed by atoms with Gasteiger partial charge in [-0.3, -0.25) is 4.79 Å². The highest BCUT2D eigenvalue weighted by molar-refractivity contribution is 5.65. The van der Waals surface area contributed by atoms with E-state index in [2.05, 4.69) is 4.74 Å². The molecule has 0 fully saturated rings. The molecule has 0 aromatic rings. The van der Waals surface area contributed by atoms with Crippen LogP contribution in [0.4, 0.5) is 0 Å². The average molecular weight is 131 g/mol. The van der Waals surface area contributed by atoms with E-state index in [1.165, 1.54) is 6.92 Å². The van der Waals surface area contributed by atoms with Gasteiger partial charge in [-0.1, -0.05) is 6.92 Å².